The van der Waals surface area contributed by atoms with Gasteiger partial charge in [0, 0.05) is 0 Å². The van der Waals surface area contributed by atoms with E-state index in [1.54, 1.807) is 18.2 Å². The van der Waals surface area contributed by atoms with Crippen molar-refractivity contribution in [1.29, 1.82) is 0 Å². The highest BCUT2D eigenvalue weighted by Gasteiger charge is 2.29. The van der Waals surface area contributed by atoms with E-state index in [0.717, 1.165) is 12.0 Å². The van der Waals surface area contributed by atoms with E-state index in [9.17, 15) is 4.79 Å². The highest BCUT2D eigenvalue weighted by atomic mass is 35.5. The fourth-order valence-electron chi connectivity index (χ4n) is 1.94. The van der Waals surface area contributed by atoms with Crippen molar-refractivity contribution >= 4 is 29.1 Å². The third-order valence-corrected chi connectivity index (χ3v) is 3.80. The maximum absolute atomic E-state index is 11.9. The molecule has 1 amide bonds. The molecule has 2 rings (SSSR count). The molecular weight excluding hydrogens is 301 g/mol. The first-order valence-corrected chi connectivity index (χ1v) is 7.23. The number of nitrogens with one attached hydrogen (secondary N) is 1. The van der Waals surface area contributed by atoms with E-state index in [2.05, 4.69) is 5.32 Å². The zero-order valence-corrected chi connectivity index (χ0v) is 12.8. The lowest BCUT2D eigenvalue weighted by Crippen LogP contribution is -2.47. The van der Waals surface area contributed by atoms with Crippen molar-refractivity contribution < 1.29 is 14.3 Å². The number of benzene rings is 1. The summed E-state index contributed by atoms with van der Waals surface area (Å²) >= 11 is 11.7. The lowest BCUT2D eigenvalue weighted by atomic mass is 10.1. The molecule has 0 spiro atoms. The molecule has 1 saturated heterocycles. The molecule has 1 fully saturated rings. The quantitative estimate of drug-likeness (QED) is 0.929. The number of hydrogen-bond acceptors (Lipinski definition) is 3. The van der Waals surface area contributed by atoms with Gasteiger partial charge in [0.2, 0.25) is 5.91 Å². The van der Waals surface area contributed by atoms with Crippen LogP contribution in [0.3, 0.4) is 0 Å². The van der Waals surface area contributed by atoms with Gasteiger partial charge in [0.1, 0.15) is 0 Å². The Morgan fingerprint density at radius 1 is 1.30 bits per heavy atom. The van der Waals surface area contributed by atoms with Crippen LogP contribution >= 0.6 is 23.2 Å². The summed E-state index contributed by atoms with van der Waals surface area (Å²) in [7, 11) is 0. The van der Waals surface area contributed by atoms with E-state index in [1.165, 1.54) is 0 Å². The molecule has 1 aromatic carbocycles. The number of carbonyl (C=O) groups excluding carboxylic acids is 1. The summed E-state index contributed by atoms with van der Waals surface area (Å²) < 4.78 is 11.1. The molecule has 0 radical (unpaired) electrons. The van der Waals surface area contributed by atoms with Crippen molar-refractivity contribution in [1.82, 2.24) is 5.32 Å². The van der Waals surface area contributed by atoms with Crippen molar-refractivity contribution in [3.63, 3.8) is 0 Å². The molecule has 6 heteroatoms. The molecule has 0 aromatic heterocycles. The number of halogens is 2. The SMILES string of the molecule is CC1(CNC(=O)Cc2ccc(Cl)c(Cl)c2)OCCCO1. The van der Waals surface area contributed by atoms with E-state index in [0.29, 0.717) is 29.8 Å². The van der Waals surface area contributed by atoms with Crippen LogP contribution < -0.4 is 5.32 Å². The minimum atomic E-state index is -0.731. The molecule has 4 nitrogen and oxygen atoms in total. The van der Waals surface area contributed by atoms with Crippen LogP contribution in [-0.4, -0.2) is 31.5 Å². The van der Waals surface area contributed by atoms with Crippen molar-refractivity contribution in [2.24, 2.45) is 0 Å². The van der Waals surface area contributed by atoms with Crippen LogP contribution in [0.2, 0.25) is 10.0 Å². The third-order valence-electron chi connectivity index (χ3n) is 3.06. The lowest BCUT2D eigenvalue weighted by molar-refractivity contribution is -0.251. The van der Waals surface area contributed by atoms with Crippen LogP contribution in [0.5, 0.6) is 0 Å². The fourth-order valence-corrected chi connectivity index (χ4v) is 2.26. The third kappa shape index (κ3) is 4.35. The number of hydrogen-bond donors (Lipinski definition) is 1. The van der Waals surface area contributed by atoms with Crippen LogP contribution in [0, 0.1) is 0 Å². The molecule has 1 N–H and O–H groups in total. The monoisotopic (exact) mass is 317 g/mol. The molecule has 0 saturated carbocycles. The van der Waals surface area contributed by atoms with Gasteiger partial charge in [-0.1, -0.05) is 29.3 Å². The highest BCUT2D eigenvalue weighted by molar-refractivity contribution is 6.42. The first-order valence-electron chi connectivity index (χ1n) is 6.47. The Hall–Kier alpha value is -0.810. The minimum absolute atomic E-state index is 0.109. The predicted octanol–water partition coefficient (Wildman–Crippen LogP) is 2.81. The Balaban J connectivity index is 1.84. The summed E-state index contributed by atoms with van der Waals surface area (Å²) in [5, 5.41) is 3.74. The Kier molecular flexibility index (Phi) is 5.27. The Morgan fingerprint density at radius 2 is 2.00 bits per heavy atom. The molecule has 0 atom stereocenters. The van der Waals surface area contributed by atoms with Gasteiger partial charge < -0.3 is 14.8 Å². The molecule has 0 aliphatic carbocycles. The molecule has 0 bridgehead atoms. The fraction of sp³-hybridized carbons (Fsp3) is 0.500. The first kappa shape index (κ1) is 15.6. The van der Waals surface area contributed by atoms with Crippen molar-refractivity contribution in [3.05, 3.63) is 33.8 Å². The molecule has 0 unspecified atom stereocenters. The van der Waals surface area contributed by atoms with Gasteiger partial charge in [0.25, 0.3) is 0 Å². The summed E-state index contributed by atoms with van der Waals surface area (Å²) in [5.41, 5.74) is 0.813. The van der Waals surface area contributed by atoms with Crippen LogP contribution in [0.15, 0.2) is 18.2 Å². The molecule has 1 aromatic rings. The summed E-state index contributed by atoms with van der Waals surface area (Å²) in [6.45, 7) is 3.46. The van der Waals surface area contributed by atoms with Gasteiger partial charge in [-0.25, -0.2) is 0 Å². The maximum atomic E-state index is 11.9. The van der Waals surface area contributed by atoms with Gasteiger partial charge >= 0.3 is 0 Å². The molecule has 1 heterocycles. The van der Waals surface area contributed by atoms with Crippen molar-refractivity contribution in [2.45, 2.75) is 25.6 Å². The molecule has 1 aliphatic rings. The van der Waals surface area contributed by atoms with E-state index in [1.807, 2.05) is 6.92 Å². The zero-order valence-electron chi connectivity index (χ0n) is 11.2. The topological polar surface area (TPSA) is 47.6 Å². The smallest absolute Gasteiger partial charge is 0.224 e. The summed E-state index contributed by atoms with van der Waals surface area (Å²) in [5.74, 6) is -0.840. The first-order chi connectivity index (χ1) is 9.48. The Morgan fingerprint density at radius 3 is 2.65 bits per heavy atom. The number of rotatable bonds is 4. The normalized spacial score (nSPS) is 17.8. The van der Waals surface area contributed by atoms with Gasteiger partial charge in [0.05, 0.1) is 36.2 Å². The average Bonchev–Trinajstić information content (AvgIpc) is 2.42. The van der Waals surface area contributed by atoms with Crippen LogP contribution in [0.1, 0.15) is 18.9 Å². The molecule has 1 aliphatic heterocycles. The van der Waals surface area contributed by atoms with E-state index < -0.39 is 5.79 Å². The molecular formula is C14H17Cl2NO3. The summed E-state index contributed by atoms with van der Waals surface area (Å²) in [6.07, 6.45) is 1.12. The van der Waals surface area contributed by atoms with Crippen molar-refractivity contribution in [2.75, 3.05) is 19.8 Å². The standard InChI is InChI=1S/C14H17Cl2NO3/c1-14(19-5-2-6-20-14)9-17-13(18)8-10-3-4-11(15)12(16)7-10/h3-4,7H,2,5-6,8-9H2,1H3,(H,17,18). The lowest BCUT2D eigenvalue weighted by Gasteiger charge is -2.33. The summed E-state index contributed by atoms with van der Waals surface area (Å²) in [4.78, 5) is 11.9. The highest BCUT2D eigenvalue weighted by Crippen LogP contribution is 2.23. The Bertz CT molecular complexity index is 487. The molecule has 110 valence electrons. The largest absolute Gasteiger partial charge is 0.350 e. The second-order valence-electron chi connectivity index (χ2n) is 4.89. The van der Waals surface area contributed by atoms with Gasteiger partial charge in [0.15, 0.2) is 5.79 Å². The van der Waals surface area contributed by atoms with E-state index >= 15 is 0 Å². The molecule has 20 heavy (non-hydrogen) atoms. The number of ether oxygens (including phenoxy) is 2. The Labute approximate surface area is 128 Å². The summed E-state index contributed by atoms with van der Waals surface area (Å²) in [6, 6.07) is 5.16. The zero-order chi connectivity index (χ0) is 14.6. The maximum Gasteiger partial charge on any atom is 0.224 e. The van der Waals surface area contributed by atoms with E-state index in [4.69, 9.17) is 32.7 Å². The van der Waals surface area contributed by atoms with Gasteiger partial charge in [-0.05, 0) is 31.0 Å². The van der Waals surface area contributed by atoms with Crippen LogP contribution in [0.25, 0.3) is 0 Å². The van der Waals surface area contributed by atoms with Gasteiger partial charge in [-0.3, -0.25) is 4.79 Å². The minimum Gasteiger partial charge on any atom is -0.350 e. The van der Waals surface area contributed by atoms with Gasteiger partial charge in [-0.2, -0.15) is 0 Å². The second kappa shape index (κ2) is 6.76. The second-order valence-corrected chi connectivity index (χ2v) is 5.70. The van der Waals surface area contributed by atoms with E-state index in [-0.39, 0.29) is 12.3 Å². The van der Waals surface area contributed by atoms with Gasteiger partial charge in [-0.15, -0.1) is 0 Å². The predicted molar refractivity (Wildman–Crippen MR) is 78.1 cm³/mol. The van der Waals surface area contributed by atoms with Crippen LogP contribution in [-0.2, 0) is 20.7 Å². The number of carbonyl (C=O) groups is 1. The van der Waals surface area contributed by atoms with Crippen molar-refractivity contribution in [3.8, 4) is 0 Å². The number of amides is 1. The van der Waals surface area contributed by atoms with Crippen LogP contribution in [0.4, 0.5) is 0 Å². The average molecular weight is 318 g/mol.